The van der Waals surface area contributed by atoms with E-state index in [4.69, 9.17) is 0 Å². The highest BCUT2D eigenvalue weighted by Gasteiger charge is 2.16. The van der Waals surface area contributed by atoms with E-state index in [1.54, 1.807) is 21.6 Å². The lowest BCUT2D eigenvalue weighted by molar-refractivity contribution is 0.274. The third-order valence-electron chi connectivity index (χ3n) is 4.77. The van der Waals surface area contributed by atoms with Crippen molar-refractivity contribution in [3.05, 3.63) is 35.4 Å². The predicted molar refractivity (Wildman–Crippen MR) is 141 cm³/mol. The van der Waals surface area contributed by atoms with Gasteiger partial charge in [0.1, 0.15) is 0 Å². The molecule has 2 heterocycles. The van der Waals surface area contributed by atoms with E-state index in [2.05, 4.69) is 32.9 Å². The van der Waals surface area contributed by atoms with E-state index in [1.165, 1.54) is 95.1 Å². The van der Waals surface area contributed by atoms with Gasteiger partial charge < -0.3 is 0 Å². The maximum atomic E-state index is 12.1. The minimum absolute atomic E-state index is 0.180. The second-order valence-electron chi connectivity index (χ2n) is 7.17. The van der Waals surface area contributed by atoms with Gasteiger partial charge in [-0.3, -0.25) is 9.59 Å². The van der Waals surface area contributed by atoms with Gasteiger partial charge in [0.15, 0.2) is 0 Å². The van der Waals surface area contributed by atoms with Crippen molar-refractivity contribution in [2.24, 2.45) is 0 Å². The summed E-state index contributed by atoms with van der Waals surface area (Å²) in [6.45, 7) is 4.12. The van der Waals surface area contributed by atoms with Crippen LogP contribution in [0.2, 0.25) is 0 Å². The van der Waals surface area contributed by atoms with Crippen molar-refractivity contribution < 1.29 is 9.59 Å². The lowest BCUT2D eigenvalue weighted by atomic mass is 10.2. The molecule has 0 spiro atoms. The number of nitrogens with zero attached hydrogens (tertiary/aromatic N) is 2. The van der Waals surface area contributed by atoms with Crippen LogP contribution in [0.3, 0.4) is 0 Å². The van der Waals surface area contributed by atoms with Gasteiger partial charge in [0.25, 0.3) is 8.89 Å². The first-order chi connectivity index (χ1) is 14.7. The van der Waals surface area contributed by atoms with Crippen LogP contribution in [0.1, 0.15) is 49.7 Å². The molecule has 2 saturated heterocycles. The summed E-state index contributed by atoms with van der Waals surface area (Å²) in [5.74, 6) is 1.65. The minimum atomic E-state index is 0.180. The standard InChI is InChI=1S/C20H28N2O2S6/c23-19(27-21-11-3-1-4-12-21)29-25-15-17-7-9-18(10-8-17)16-26-30-20(24)28-22-13-5-2-6-14-22/h7-10H,1-6,11-16H2. The molecule has 0 amide bonds. The summed E-state index contributed by atoms with van der Waals surface area (Å²) >= 11 is 2.76. The molecule has 0 aliphatic carbocycles. The number of carbonyl (C=O) groups is 2. The van der Waals surface area contributed by atoms with Gasteiger partial charge in [-0.1, -0.05) is 58.7 Å². The van der Waals surface area contributed by atoms with Crippen LogP contribution in [-0.4, -0.2) is 43.7 Å². The highest BCUT2D eigenvalue weighted by molar-refractivity contribution is 8.86. The topological polar surface area (TPSA) is 40.6 Å². The van der Waals surface area contributed by atoms with Crippen molar-refractivity contribution in [2.75, 3.05) is 26.2 Å². The summed E-state index contributed by atoms with van der Waals surface area (Å²) in [5, 5.41) is 0. The van der Waals surface area contributed by atoms with Crippen LogP contribution in [-0.2, 0) is 11.5 Å². The van der Waals surface area contributed by atoms with Crippen molar-refractivity contribution in [3.8, 4) is 0 Å². The molecular weight excluding hydrogens is 493 g/mol. The molecule has 1 aromatic rings. The fourth-order valence-corrected chi connectivity index (χ4v) is 9.48. The number of hydrogen-bond acceptors (Lipinski definition) is 10. The Kier molecular flexibility index (Phi) is 12.3. The number of hydrogen-bond donors (Lipinski definition) is 0. The second kappa shape index (κ2) is 14.7. The van der Waals surface area contributed by atoms with Crippen molar-refractivity contribution in [1.82, 2.24) is 8.61 Å². The number of carbonyl (C=O) groups excluding carboxylic acids is 2. The van der Waals surface area contributed by atoms with Crippen molar-refractivity contribution in [3.63, 3.8) is 0 Å². The van der Waals surface area contributed by atoms with Crippen LogP contribution in [0.4, 0.5) is 9.59 Å². The highest BCUT2D eigenvalue weighted by atomic mass is 33.1. The van der Waals surface area contributed by atoms with Gasteiger partial charge in [-0.25, -0.2) is 8.61 Å². The first-order valence-electron chi connectivity index (χ1n) is 10.3. The fraction of sp³-hybridized carbons (Fsp3) is 0.600. The Morgan fingerprint density at radius 2 is 1.00 bits per heavy atom. The second-order valence-corrected chi connectivity index (χ2v) is 14.4. The molecule has 2 aliphatic heterocycles. The van der Waals surface area contributed by atoms with E-state index >= 15 is 0 Å². The average Bonchev–Trinajstić information content (AvgIpc) is 2.76. The molecule has 0 N–H and O–H groups in total. The number of piperidine rings is 2. The Morgan fingerprint density at radius 1 is 0.633 bits per heavy atom. The van der Waals surface area contributed by atoms with E-state index in [9.17, 15) is 9.59 Å². The lowest BCUT2D eigenvalue weighted by Crippen LogP contribution is -2.23. The Morgan fingerprint density at radius 3 is 1.37 bits per heavy atom. The lowest BCUT2D eigenvalue weighted by Gasteiger charge is -2.23. The van der Waals surface area contributed by atoms with E-state index in [0.717, 1.165) is 37.7 Å². The van der Waals surface area contributed by atoms with Gasteiger partial charge in [0.05, 0.1) is 0 Å². The van der Waals surface area contributed by atoms with E-state index < -0.39 is 0 Å². The molecule has 166 valence electrons. The molecule has 1 aromatic carbocycles. The zero-order chi connectivity index (χ0) is 21.0. The third kappa shape index (κ3) is 10.0. The summed E-state index contributed by atoms with van der Waals surface area (Å²) in [6, 6.07) is 8.50. The summed E-state index contributed by atoms with van der Waals surface area (Å²) in [5.41, 5.74) is 2.45. The molecule has 0 radical (unpaired) electrons. The highest BCUT2D eigenvalue weighted by Crippen LogP contribution is 2.35. The molecule has 0 saturated carbocycles. The zero-order valence-corrected chi connectivity index (χ0v) is 21.9. The van der Waals surface area contributed by atoms with Crippen LogP contribution < -0.4 is 0 Å². The zero-order valence-electron chi connectivity index (χ0n) is 17.0. The smallest absolute Gasteiger partial charge is 0.271 e. The van der Waals surface area contributed by atoms with Gasteiger partial charge in [0.2, 0.25) is 0 Å². The van der Waals surface area contributed by atoms with Crippen LogP contribution >= 0.6 is 67.1 Å². The van der Waals surface area contributed by atoms with Crippen LogP contribution in [0.15, 0.2) is 24.3 Å². The van der Waals surface area contributed by atoms with Crippen molar-refractivity contribution in [1.29, 1.82) is 0 Å². The number of benzene rings is 1. The van der Waals surface area contributed by atoms with Crippen molar-refractivity contribution >= 4 is 76.0 Å². The monoisotopic (exact) mass is 520 g/mol. The molecule has 3 rings (SSSR count). The Labute approximate surface area is 204 Å². The summed E-state index contributed by atoms with van der Waals surface area (Å²) in [4.78, 5) is 24.2. The molecule has 0 bridgehead atoms. The maximum absolute atomic E-state index is 12.1. The number of rotatable bonds is 8. The van der Waals surface area contributed by atoms with Gasteiger partial charge in [-0.05, 0) is 58.4 Å². The Hall–Kier alpha value is 0.580. The van der Waals surface area contributed by atoms with Gasteiger partial charge >= 0.3 is 0 Å². The summed E-state index contributed by atoms with van der Waals surface area (Å²) in [6.07, 6.45) is 7.38. The third-order valence-corrected chi connectivity index (χ3v) is 11.6. The van der Waals surface area contributed by atoms with Crippen LogP contribution in [0.5, 0.6) is 0 Å². The van der Waals surface area contributed by atoms with Gasteiger partial charge in [-0.2, -0.15) is 0 Å². The molecule has 30 heavy (non-hydrogen) atoms. The summed E-state index contributed by atoms with van der Waals surface area (Å²) in [7, 11) is 5.91. The largest absolute Gasteiger partial charge is 0.272 e. The molecule has 0 aromatic heterocycles. The normalized spacial score (nSPS) is 18.4. The molecule has 2 aliphatic rings. The van der Waals surface area contributed by atoms with E-state index in [-0.39, 0.29) is 8.89 Å². The Balaban J connectivity index is 1.27. The SMILES string of the molecule is O=C(SSCc1ccc(CSSC(=O)SN2CCCCC2)cc1)SN1CCCCC1. The minimum Gasteiger partial charge on any atom is -0.272 e. The molecule has 0 unspecified atom stereocenters. The van der Waals surface area contributed by atoms with Gasteiger partial charge in [-0.15, -0.1) is 0 Å². The van der Waals surface area contributed by atoms with Crippen LogP contribution in [0.25, 0.3) is 0 Å². The average molecular weight is 521 g/mol. The molecular formula is C20H28N2O2S6. The summed E-state index contributed by atoms with van der Waals surface area (Å²) < 4.78 is 4.75. The maximum Gasteiger partial charge on any atom is 0.271 e. The quantitative estimate of drug-likeness (QED) is 0.249. The fourth-order valence-electron chi connectivity index (χ4n) is 3.18. The first kappa shape index (κ1) is 25.2. The van der Waals surface area contributed by atoms with Crippen molar-refractivity contribution in [2.45, 2.75) is 50.0 Å². The first-order valence-corrected chi connectivity index (χ1v) is 16.5. The molecule has 2 fully saturated rings. The molecule has 0 atom stereocenters. The Bertz CT molecular complexity index is 607. The van der Waals surface area contributed by atoms with Gasteiger partial charge in [0, 0.05) is 61.6 Å². The predicted octanol–water partition coefficient (Wildman–Crippen LogP) is 7.96. The molecule has 10 heteroatoms. The van der Waals surface area contributed by atoms with E-state index in [1.807, 2.05) is 0 Å². The molecule has 4 nitrogen and oxygen atoms in total. The van der Waals surface area contributed by atoms with Crippen LogP contribution in [0, 0.1) is 0 Å². The van der Waals surface area contributed by atoms with E-state index in [0.29, 0.717) is 0 Å².